The number of amides is 2. The van der Waals surface area contributed by atoms with Crippen molar-refractivity contribution in [3.63, 3.8) is 0 Å². The van der Waals surface area contributed by atoms with Gasteiger partial charge in [-0.05, 0) is 19.8 Å². The Labute approximate surface area is 296 Å². The van der Waals surface area contributed by atoms with E-state index < -0.39 is 18.1 Å². The number of hydrogen-bond acceptors (Lipinski definition) is 11. The number of carboxylic acid groups (broad SMARTS) is 1. The molecule has 1 unspecified atom stereocenters. The number of aliphatic hydroxyl groups is 2. The largest absolute Gasteiger partial charge is 0.507 e. The smallest absolute Gasteiger partial charge is 0.490 e. The van der Waals surface area contributed by atoms with E-state index in [1.165, 1.54) is 6.07 Å². The summed E-state index contributed by atoms with van der Waals surface area (Å²) in [6.07, 6.45) is -0.302. The molecule has 1 aromatic carbocycles. The van der Waals surface area contributed by atoms with E-state index in [1.807, 2.05) is 11.5 Å². The highest BCUT2D eigenvalue weighted by molar-refractivity contribution is 6.31. The summed E-state index contributed by atoms with van der Waals surface area (Å²) in [5, 5.41) is 38.9. The van der Waals surface area contributed by atoms with Crippen molar-refractivity contribution in [3.05, 3.63) is 34.4 Å². The number of rotatable bonds is 12. The molecule has 1 aliphatic heterocycles. The van der Waals surface area contributed by atoms with Gasteiger partial charge in [0.15, 0.2) is 33.5 Å². The molecule has 0 aliphatic carbocycles. The number of carbonyl (C=O) groups excluding carboxylic acids is 2. The lowest BCUT2D eigenvalue weighted by Crippen LogP contribution is -2.42. The zero-order valence-electron chi connectivity index (χ0n) is 28.5. The summed E-state index contributed by atoms with van der Waals surface area (Å²) in [6.45, 7) is 6.48. The number of carboxylic acids is 1. The number of unbranched alkanes of at least 4 members (excludes halogenated alkanes) is 3. The zero-order valence-corrected chi connectivity index (χ0v) is 29.3. The number of aliphatic hydroxyl groups excluding tert-OH is 2. The molecule has 0 radical (unpaired) electrons. The number of anilines is 2. The number of aromatic nitrogens is 4. The predicted octanol–water partition coefficient (Wildman–Crippen LogP) is 2.24. The molecule has 4 rings (SSSR count). The van der Waals surface area contributed by atoms with Gasteiger partial charge in [0.1, 0.15) is 18.8 Å². The number of nitrogen functional groups attached to an aromatic ring is 2. The molecule has 0 bridgehead atoms. The van der Waals surface area contributed by atoms with Gasteiger partial charge < -0.3 is 46.8 Å². The molecule has 1 atom stereocenters. The summed E-state index contributed by atoms with van der Waals surface area (Å²) >= 11 is 5.91. The highest BCUT2D eigenvalue weighted by Gasteiger charge is 2.38. The number of hydrogen-bond donors (Lipinski definition) is 7. The molecule has 2 amide bonds. The van der Waals surface area contributed by atoms with E-state index in [9.17, 15) is 33.0 Å². The first-order chi connectivity index (χ1) is 24.0. The summed E-state index contributed by atoms with van der Waals surface area (Å²) < 4.78 is 40.2. The monoisotopic (exact) mass is 749 g/mol. The fraction of sp³-hybridized carbons (Fsp3) is 0.548. The molecule has 3 aromatic rings. The zero-order chi connectivity index (χ0) is 38.5. The predicted molar refractivity (Wildman–Crippen MR) is 180 cm³/mol. The van der Waals surface area contributed by atoms with Crippen LogP contribution in [-0.2, 0) is 29.2 Å². The Hall–Kier alpha value is -4.46. The van der Waals surface area contributed by atoms with Crippen LogP contribution < -0.4 is 21.4 Å². The van der Waals surface area contributed by atoms with Gasteiger partial charge in [0, 0.05) is 32.3 Å². The number of imidazole rings is 1. The number of alkyl halides is 3. The molecule has 2 aromatic heterocycles. The lowest BCUT2D eigenvalue weighted by atomic mass is 10.1. The average Bonchev–Trinajstić information content (AvgIpc) is 3.66. The Balaban J connectivity index is 0.000000580. The van der Waals surface area contributed by atoms with Gasteiger partial charge in [-0.3, -0.25) is 9.59 Å². The number of phenolic OH excluding ortho intramolecular Hbond substituents is 1. The first-order valence-electron chi connectivity index (χ1n) is 16.0. The van der Waals surface area contributed by atoms with Crippen molar-refractivity contribution in [2.24, 2.45) is 0 Å². The maximum absolute atomic E-state index is 13.2. The Bertz CT molecular complexity index is 1650. The average molecular weight is 750 g/mol. The second kappa shape index (κ2) is 19.8. The number of fused-ring (bicyclic) bond motifs is 1. The molecular weight excluding hydrogens is 705 g/mol. The third-order valence-electron chi connectivity index (χ3n) is 7.54. The van der Waals surface area contributed by atoms with Crippen molar-refractivity contribution in [3.8, 4) is 5.75 Å². The molecule has 1 saturated heterocycles. The van der Waals surface area contributed by atoms with Gasteiger partial charge in [0.2, 0.25) is 0 Å². The molecule has 3 heterocycles. The Kier molecular flexibility index (Phi) is 16.6. The third-order valence-corrected chi connectivity index (χ3v) is 7.81. The minimum Gasteiger partial charge on any atom is -0.507 e. The number of carbonyl (C=O) groups is 3. The molecule has 0 spiro atoms. The molecule has 51 heavy (non-hydrogen) atoms. The maximum Gasteiger partial charge on any atom is 0.490 e. The van der Waals surface area contributed by atoms with Crippen LogP contribution in [0.2, 0.25) is 5.15 Å². The van der Waals surface area contributed by atoms with Crippen LogP contribution in [0.1, 0.15) is 72.6 Å². The Morgan fingerprint density at radius 3 is 2.33 bits per heavy atom. The molecular formula is C31H45ClF3N8O8+. The van der Waals surface area contributed by atoms with Crippen molar-refractivity contribution in [1.29, 1.82) is 0 Å². The van der Waals surface area contributed by atoms with Crippen LogP contribution in [0.25, 0.3) is 11.0 Å². The standard InChI is InChI=1S/C25H35ClN8O4.C4H8O2.C2HF3O2/c1-4-6-7-8-9-32(3)25(38)15-12-16-17(13-18(15)36)34(10-11-35)19(33(16)5-2)14-29-24(37)20-22(27)31-23(28)21(26)30-20;5-4-1-2-6-3-4;3-2(4,5)1(6)7/h12-13,35H,4-11,14H2,1-3H3,(H5-,27,28,29,31,36,37,38);4-5H,1-3H2;(H,6,7)/p+1. The summed E-state index contributed by atoms with van der Waals surface area (Å²) in [4.78, 5) is 44.3. The highest BCUT2D eigenvalue weighted by Crippen LogP contribution is 2.27. The van der Waals surface area contributed by atoms with Crippen LogP contribution in [-0.4, -0.2) is 103 Å². The fourth-order valence-corrected chi connectivity index (χ4v) is 5.07. The normalized spacial score (nSPS) is 13.9. The molecule has 284 valence electrons. The van der Waals surface area contributed by atoms with Crippen LogP contribution in [0.3, 0.4) is 0 Å². The van der Waals surface area contributed by atoms with E-state index in [4.69, 9.17) is 42.8 Å². The minimum absolute atomic E-state index is 0.0336. The van der Waals surface area contributed by atoms with E-state index in [0.717, 1.165) is 38.7 Å². The second-order valence-corrected chi connectivity index (χ2v) is 11.7. The van der Waals surface area contributed by atoms with E-state index in [-0.39, 0.29) is 65.5 Å². The SMILES string of the molecule is CCCCCCN(C)C(=O)c1cc2c(cc1O)[n+](CCO)c(CNC(=O)c1nc(Cl)c(N)nc1N)n2CC.O=C(O)C(F)(F)F.OC1CCOC1. The van der Waals surface area contributed by atoms with Gasteiger partial charge in [-0.15, -0.1) is 0 Å². The Morgan fingerprint density at radius 2 is 1.82 bits per heavy atom. The van der Waals surface area contributed by atoms with Crippen LogP contribution in [0.5, 0.6) is 5.75 Å². The summed E-state index contributed by atoms with van der Waals surface area (Å²) in [5.74, 6) is -3.40. The number of nitrogens with zero attached hydrogens (tertiary/aromatic N) is 5. The highest BCUT2D eigenvalue weighted by atomic mass is 35.5. The molecule has 1 fully saturated rings. The van der Waals surface area contributed by atoms with Crippen LogP contribution >= 0.6 is 11.6 Å². The van der Waals surface area contributed by atoms with Crippen LogP contribution in [0.4, 0.5) is 24.8 Å². The first kappa shape index (κ1) is 42.7. The summed E-state index contributed by atoms with van der Waals surface area (Å²) in [6, 6.07) is 3.17. The molecule has 20 heteroatoms. The molecule has 9 N–H and O–H groups in total. The van der Waals surface area contributed by atoms with Crippen molar-refractivity contribution in [2.75, 3.05) is 44.9 Å². The topological polar surface area (TPSA) is 243 Å². The minimum atomic E-state index is -5.08. The maximum atomic E-state index is 13.2. The molecule has 16 nitrogen and oxygen atoms in total. The first-order valence-corrected chi connectivity index (χ1v) is 16.4. The number of aliphatic carboxylic acids is 1. The van der Waals surface area contributed by atoms with E-state index in [2.05, 4.69) is 22.2 Å². The van der Waals surface area contributed by atoms with E-state index in [1.54, 1.807) is 22.6 Å². The van der Waals surface area contributed by atoms with Gasteiger partial charge in [0.05, 0.1) is 31.4 Å². The van der Waals surface area contributed by atoms with E-state index >= 15 is 0 Å². The van der Waals surface area contributed by atoms with Crippen molar-refractivity contribution in [1.82, 2.24) is 24.8 Å². The number of nitrogens with two attached hydrogens (primary N) is 2. The van der Waals surface area contributed by atoms with Crippen molar-refractivity contribution < 1.29 is 57.3 Å². The number of phenols is 1. The quantitative estimate of drug-likeness (QED) is 0.104. The second-order valence-electron chi connectivity index (χ2n) is 11.3. The molecule has 0 saturated carbocycles. The van der Waals surface area contributed by atoms with Gasteiger partial charge in [-0.25, -0.2) is 23.9 Å². The van der Waals surface area contributed by atoms with Crippen LogP contribution in [0, 0.1) is 0 Å². The van der Waals surface area contributed by atoms with Gasteiger partial charge in [0.25, 0.3) is 17.6 Å². The number of halogens is 4. The van der Waals surface area contributed by atoms with Crippen molar-refractivity contribution in [2.45, 2.75) is 77.9 Å². The lowest BCUT2D eigenvalue weighted by molar-refractivity contribution is -0.681. The van der Waals surface area contributed by atoms with Crippen LogP contribution in [0.15, 0.2) is 12.1 Å². The van der Waals surface area contributed by atoms with Gasteiger partial charge in [-0.2, -0.15) is 13.2 Å². The number of ether oxygens (including phenoxy) is 1. The fourth-order valence-electron chi connectivity index (χ4n) is 4.94. The van der Waals surface area contributed by atoms with Crippen molar-refractivity contribution >= 4 is 52.1 Å². The van der Waals surface area contributed by atoms with Gasteiger partial charge >= 0.3 is 12.1 Å². The number of aryl methyl sites for hydroxylation is 1. The summed E-state index contributed by atoms with van der Waals surface area (Å²) in [7, 11) is 1.72. The Morgan fingerprint density at radius 1 is 1.16 bits per heavy atom. The molecule has 1 aliphatic rings. The number of nitrogens with one attached hydrogen (secondary N) is 1. The summed E-state index contributed by atoms with van der Waals surface area (Å²) in [5.41, 5.74) is 12.7. The lowest BCUT2D eigenvalue weighted by Gasteiger charge is -2.17. The third kappa shape index (κ3) is 12.1. The number of benzene rings is 1. The van der Waals surface area contributed by atoms with E-state index in [0.29, 0.717) is 36.6 Å². The number of aromatic hydroxyl groups is 1. The van der Waals surface area contributed by atoms with Gasteiger partial charge in [-0.1, -0.05) is 37.8 Å².